The fraction of sp³-hybridized carbons (Fsp3) is 0.633. The van der Waals surface area contributed by atoms with Gasteiger partial charge < -0.3 is 45.2 Å². The third-order valence-electron chi connectivity index (χ3n) is 5.82. The molecule has 1 aliphatic heterocycles. The Kier molecular flexibility index (Phi) is 20.8. The van der Waals surface area contributed by atoms with E-state index in [0.29, 0.717) is 30.8 Å². The van der Waals surface area contributed by atoms with Crippen molar-refractivity contribution in [3.05, 3.63) is 29.8 Å². The van der Waals surface area contributed by atoms with Crippen molar-refractivity contribution in [3.8, 4) is 23.6 Å². The van der Waals surface area contributed by atoms with Crippen molar-refractivity contribution in [1.82, 2.24) is 10.6 Å². The fourth-order valence-corrected chi connectivity index (χ4v) is 7.15. The molecule has 0 bridgehead atoms. The highest BCUT2D eigenvalue weighted by Crippen LogP contribution is 2.38. The summed E-state index contributed by atoms with van der Waals surface area (Å²) in [4.78, 5) is 24.4. The number of nitrogens with zero attached hydrogens (tertiary/aromatic N) is 1. The Bertz CT molecular complexity index is 1200. The molecule has 259 valence electrons. The lowest BCUT2D eigenvalue weighted by atomic mass is 9.71. The van der Waals surface area contributed by atoms with Crippen LogP contribution in [0.5, 0.6) is 5.75 Å². The summed E-state index contributed by atoms with van der Waals surface area (Å²) in [5, 5.41) is 24.2. The highest BCUT2D eigenvalue weighted by atomic mass is 33.1. The summed E-state index contributed by atoms with van der Waals surface area (Å²) < 4.78 is 28.9. The molecule has 0 saturated carbocycles. The first-order chi connectivity index (χ1) is 22.6. The molecule has 1 aromatic carbocycles. The van der Waals surface area contributed by atoms with E-state index in [1.165, 1.54) is 21.6 Å². The molecular formula is C30H44BN4O8S4. The van der Waals surface area contributed by atoms with E-state index < -0.39 is 17.6 Å². The number of ether oxygens (including phenoxy) is 5. The molecule has 5 N–H and O–H groups in total. The third kappa shape index (κ3) is 18.0. The van der Waals surface area contributed by atoms with Gasteiger partial charge in [-0.25, -0.2) is 0 Å². The van der Waals surface area contributed by atoms with Crippen LogP contribution in [-0.4, -0.2) is 117 Å². The SMILES string of the molecule is CSS[C@H](C#N)O[C@@H]1C[C@H]([B]C#CCNC(=O)COCCOC(COc2cccc(C(=O)NCCN)c2)SSC(C)(C)C)OC1CO. The number of aliphatic hydroxyl groups is 1. The second-order valence-electron chi connectivity index (χ2n) is 10.8. The summed E-state index contributed by atoms with van der Waals surface area (Å²) in [6.07, 6.45) is 1.38. The molecule has 2 amide bonds. The van der Waals surface area contributed by atoms with E-state index in [2.05, 4.69) is 49.2 Å². The molecule has 1 aliphatic rings. The fourth-order valence-electron chi connectivity index (χ4n) is 3.76. The van der Waals surface area contributed by atoms with Gasteiger partial charge in [-0.2, -0.15) is 11.1 Å². The Labute approximate surface area is 294 Å². The maximum atomic E-state index is 12.2. The van der Waals surface area contributed by atoms with Crippen molar-refractivity contribution in [3.63, 3.8) is 0 Å². The minimum atomic E-state index is -0.652. The maximum absolute atomic E-state index is 12.2. The molecule has 17 heteroatoms. The second kappa shape index (κ2) is 23.6. The van der Waals surface area contributed by atoms with Gasteiger partial charge in [0.25, 0.3) is 13.2 Å². The van der Waals surface area contributed by atoms with Crippen LogP contribution in [0.4, 0.5) is 0 Å². The van der Waals surface area contributed by atoms with E-state index in [1.54, 1.807) is 53.1 Å². The minimum absolute atomic E-state index is 0.000208. The number of nitrogens with one attached hydrogen (secondary N) is 2. The van der Waals surface area contributed by atoms with Gasteiger partial charge in [-0.3, -0.25) is 9.59 Å². The van der Waals surface area contributed by atoms with Gasteiger partial charge in [0.2, 0.25) is 5.91 Å². The summed E-state index contributed by atoms with van der Waals surface area (Å²) >= 11 is 0. The predicted molar refractivity (Wildman–Crippen MR) is 191 cm³/mol. The number of carbonyl (C=O) groups is 2. The van der Waals surface area contributed by atoms with Gasteiger partial charge in [0.05, 0.1) is 32.5 Å². The summed E-state index contributed by atoms with van der Waals surface area (Å²) in [7, 11) is 7.60. The Hall–Kier alpha value is -1.77. The number of nitriles is 1. The molecule has 0 aromatic heterocycles. The number of amides is 2. The van der Waals surface area contributed by atoms with Gasteiger partial charge in [-0.05, 0) is 41.7 Å². The van der Waals surface area contributed by atoms with Crippen molar-refractivity contribution < 1.29 is 38.4 Å². The number of nitrogens with two attached hydrogens (primary N) is 1. The molecule has 1 heterocycles. The summed E-state index contributed by atoms with van der Waals surface area (Å²) in [5.41, 5.74) is 4.97. The molecule has 2 rings (SSSR count). The molecule has 1 radical (unpaired) electrons. The van der Waals surface area contributed by atoms with E-state index in [-0.39, 0.29) is 67.6 Å². The molecule has 0 spiro atoms. The largest absolute Gasteiger partial charge is 0.490 e. The summed E-state index contributed by atoms with van der Waals surface area (Å²) in [6, 6.07) is 8.65. The number of hydrogen-bond acceptors (Lipinski definition) is 14. The smallest absolute Gasteiger partial charge is 0.251 e. The number of aliphatic hydroxyl groups excluding tert-OH is 1. The van der Waals surface area contributed by atoms with Gasteiger partial charge in [0, 0.05) is 29.4 Å². The number of rotatable bonds is 21. The Morgan fingerprint density at radius 2 is 2.06 bits per heavy atom. The van der Waals surface area contributed by atoms with E-state index in [4.69, 9.17) is 29.4 Å². The number of carbonyl (C=O) groups excluding carboxylic acids is 2. The molecule has 2 unspecified atom stereocenters. The minimum Gasteiger partial charge on any atom is -0.490 e. The molecule has 0 aliphatic carbocycles. The van der Waals surface area contributed by atoms with E-state index >= 15 is 0 Å². The van der Waals surface area contributed by atoms with Crippen LogP contribution in [0.15, 0.2) is 24.3 Å². The molecule has 1 aromatic rings. The molecule has 47 heavy (non-hydrogen) atoms. The van der Waals surface area contributed by atoms with Crippen LogP contribution in [0.25, 0.3) is 0 Å². The van der Waals surface area contributed by atoms with Gasteiger partial charge in [-0.1, -0.05) is 65.1 Å². The third-order valence-corrected chi connectivity index (χ3v) is 11.0. The highest BCUT2D eigenvalue weighted by molar-refractivity contribution is 8.77. The lowest BCUT2D eigenvalue weighted by molar-refractivity contribution is -0.126. The second-order valence-corrected chi connectivity index (χ2v) is 16.5. The van der Waals surface area contributed by atoms with E-state index in [9.17, 15) is 20.0 Å². The monoisotopic (exact) mass is 727 g/mol. The first-order valence-corrected chi connectivity index (χ1v) is 19.8. The zero-order valence-corrected chi connectivity index (χ0v) is 30.4. The summed E-state index contributed by atoms with van der Waals surface area (Å²) in [5.74, 6) is 5.73. The topological polar surface area (TPSA) is 174 Å². The van der Waals surface area contributed by atoms with Crippen molar-refractivity contribution in [2.45, 2.75) is 61.0 Å². The zero-order chi connectivity index (χ0) is 34.5. The lowest BCUT2D eigenvalue weighted by Crippen LogP contribution is -2.30. The quantitative estimate of drug-likeness (QED) is 0.0478. The van der Waals surface area contributed by atoms with Crippen LogP contribution in [0.2, 0.25) is 0 Å². The molecule has 1 saturated heterocycles. The van der Waals surface area contributed by atoms with Crippen molar-refractivity contribution in [1.29, 1.82) is 5.26 Å². The highest BCUT2D eigenvalue weighted by Gasteiger charge is 2.37. The Balaban J connectivity index is 1.69. The molecule has 5 atom stereocenters. The molecule has 1 fully saturated rings. The predicted octanol–water partition coefficient (Wildman–Crippen LogP) is 2.43. The van der Waals surface area contributed by atoms with E-state index in [0.717, 1.165) is 0 Å². The lowest BCUT2D eigenvalue weighted by Gasteiger charge is -2.22. The van der Waals surface area contributed by atoms with Crippen LogP contribution in [0.1, 0.15) is 37.6 Å². The normalized spacial score (nSPS) is 18.7. The van der Waals surface area contributed by atoms with E-state index in [1.807, 2.05) is 6.26 Å². The average molecular weight is 728 g/mol. The zero-order valence-electron chi connectivity index (χ0n) is 27.1. The average Bonchev–Trinajstić information content (AvgIpc) is 3.44. The number of benzene rings is 1. The van der Waals surface area contributed by atoms with Crippen LogP contribution in [0.3, 0.4) is 0 Å². The van der Waals surface area contributed by atoms with Crippen LogP contribution in [0, 0.1) is 23.1 Å². The van der Waals surface area contributed by atoms with Gasteiger partial charge in [-0.15, -0.1) is 0 Å². The first-order valence-electron chi connectivity index (χ1n) is 14.9. The number of hydrogen-bond donors (Lipinski definition) is 4. The standard InChI is InChI=1S/C30H44BN4O8S4/c1-30(2,3)47-46-28(20-41-22-8-5-7-21(15-22)29(38)35-12-10-32)40-14-13-39-19-26(37)34-11-6-9-31-25-16-23(24(18-36)42-25)43-27(17-33)45-44-4/h5,7-8,15,23-25,27-28,36H,10-14,16,18-20,32H2,1-4H3,(H,34,37)(H,35,38)/t23-,24?,25-,27-,28?/m1/s1. The van der Waals surface area contributed by atoms with Gasteiger partial charge >= 0.3 is 0 Å². The van der Waals surface area contributed by atoms with Crippen LogP contribution >= 0.6 is 43.2 Å². The molecule has 12 nitrogen and oxygen atoms in total. The van der Waals surface area contributed by atoms with Crippen molar-refractivity contribution in [2.75, 3.05) is 58.9 Å². The van der Waals surface area contributed by atoms with Crippen molar-refractivity contribution >= 4 is 62.3 Å². The van der Waals surface area contributed by atoms with Gasteiger partial charge in [0.1, 0.15) is 36.6 Å². The van der Waals surface area contributed by atoms with Gasteiger partial charge in [0.15, 0.2) is 5.44 Å². The maximum Gasteiger partial charge on any atom is 0.251 e. The Morgan fingerprint density at radius 1 is 1.26 bits per heavy atom. The van der Waals surface area contributed by atoms with Crippen LogP contribution < -0.4 is 21.1 Å². The molecular weight excluding hydrogens is 683 g/mol. The first kappa shape index (κ1) is 41.4. The van der Waals surface area contributed by atoms with Crippen molar-refractivity contribution in [2.24, 2.45) is 5.73 Å². The Morgan fingerprint density at radius 3 is 2.77 bits per heavy atom. The summed E-state index contributed by atoms with van der Waals surface area (Å²) in [6.45, 7) is 7.54. The van der Waals surface area contributed by atoms with Crippen LogP contribution in [-0.2, 0) is 23.7 Å².